The summed E-state index contributed by atoms with van der Waals surface area (Å²) in [7, 11) is 2.03. The smallest absolute Gasteiger partial charge is 0.0709 e. The van der Waals surface area contributed by atoms with E-state index in [1.54, 1.807) is 0 Å². The lowest BCUT2D eigenvalue weighted by Crippen LogP contribution is -2.17. The highest BCUT2D eigenvalue weighted by Gasteiger charge is 2.18. The fourth-order valence-corrected chi connectivity index (χ4v) is 3.10. The van der Waals surface area contributed by atoms with Gasteiger partial charge in [-0.05, 0) is 51.3 Å². The van der Waals surface area contributed by atoms with Gasteiger partial charge in [0, 0.05) is 24.4 Å². The zero-order valence-corrected chi connectivity index (χ0v) is 12.1. The molecule has 0 saturated carbocycles. The summed E-state index contributed by atoms with van der Waals surface area (Å²) in [5, 5.41) is 7.85. The highest BCUT2D eigenvalue weighted by atomic mass is 16.5. The number of nitrogens with zero attached hydrogens (tertiary/aromatic N) is 2. The van der Waals surface area contributed by atoms with Gasteiger partial charge in [-0.1, -0.05) is 6.07 Å². The van der Waals surface area contributed by atoms with E-state index in [1.165, 1.54) is 36.8 Å². The summed E-state index contributed by atoms with van der Waals surface area (Å²) in [5.74, 6) is 0. The van der Waals surface area contributed by atoms with Crippen molar-refractivity contribution in [2.45, 2.75) is 44.2 Å². The van der Waals surface area contributed by atoms with Crippen LogP contribution in [0, 0.1) is 0 Å². The van der Waals surface area contributed by atoms with Crippen molar-refractivity contribution >= 4 is 5.52 Å². The standard InChI is InChI=1S/C16H23N3O/c1-17-15(8-4-6-13-7-5-11-20-13)14-12-18-19-10-3-2-9-16(14)19/h2-3,9-10,12-13,15,17H,4-8,11H2,1H3. The summed E-state index contributed by atoms with van der Waals surface area (Å²) in [6, 6.07) is 6.58. The van der Waals surface area contributed by atoms with E-state index in [9.17, 15) is 0 Å². The van der Waals surface area contributed by atoms with Gasteiger partial charge in [0.25, 0.3) is 0 Å². The summed E-state index contributed by atoms with van der Waals surface area (Å²) >= 11 is 0. The zero-order valence-electron chi connectivity index (χ0n) is 12.1. The van der Waals surface area contributed by atoms with E-state index in [0.29, 0.717) is 12.1 Å². The molecule has 1 aliphatic rings. The molecule has 2 aromatic heterocycles. The Morgan fingerprint density at radius 3 is 3.25 bits per heavy atom. The number of pyridine rings is 1. The maximum Gasteiger partial charge on any atom is 0.0709 e. The summed E-state index contributed by atoms with van der Waals surface area (Å²) in [4.78, 5) is 0. The van der Waals surface area contributed by atoms with Crippen LogP contribution in [0.1, 0.15) is 43.7 Å². The van der Waals surface area contributed by atoms with Crippen LogP contribution in [0.2, 0.25) is 0 Å². The van der Waals surface area contributed by atoms with E-state index < -0.39 is 0 Å². The van der Waals surface area contributed by atoms with Crippen molar-refractivity contribution in [1.82, 2.24) is 14.9 Å². The summed E-state index contributed by atoms with van der Waals surface area (Å²) in [5.41, 5.74) is 2.49. The third kappa shape index (κ3) is 2.86. The van der Waals surface area contributed by atoms with Crippen molar-refractivity contribution < 1.29 is 4.74 Å². The Labute approximate surface area is 120 Å². The first kappa shape index (κ1) is 13.6. The predicted molar refractivity (Wildman–Crippen MR) is 79.8 cm³/mol. The molecule has 0 aromatic carbocycles. The van der Waals surface area contributed by atoms with Gasteiger partial charge in [-0.2, -0.15) is 5.10 Å². The van der Waals surface area contributed by atoms with E-state index in [1.807, 2.05) is 30.0 Å². The van der Waals surface area contributed by atoms with E-state index in [0.717, 1.165) is 13.0 Å². The molecular formula is C16H23N3O. The zero-order chi connectivity index (χ0) is 13.8. The fourth-order valence-electron chi connectivity index (χ4n) is 3.10. The topological polar surface area (TPSA) is 38.6 Å². The van der Waals surface area contributed by atoms with Gasteiger partial charge in [-0.15, -0.1) is 0 Å². The number of hydrogen-bond donors (Lipinski definition) is 1. The quantitative estimate of drug-likeness (QED) is 0.879. The minimum Gasteiger partial charge on any atom is -0.378 e. The van der Waals surface area contributed by atoms with E-state index >= 15 is 0 Å². The molecule has 1 aliphatic heterocycles. The summed E-state index contributed by atoms with van der Waals surface area (Å²) in [6.45, 7) is 0.953. The Bertz CT molecular complexity index is 545. The molecule has 0 bridgehead atoms. The van der Waals surface area contributed by atoms with Gasteiger partial charge >= 0.3 is 0 Å². The van der Waals surface area contributed by atoms with Crippen LogP contribution >= 0.6 is 0 Å². The van der Waals surface area contributed by atoms with Crippen LogP contribution in [0.4, 0.5) is 0 Å². The largest absolute Gasteiger partial charge is 0.378 e. The van der Waals surface area contributed by atoms with Crippen LogP contribution in [0.25, 0.3) is 5.52 Å². The molecular weight excluding hydrogens is 250 g/mol. The number of rotatable bonds is 6. The lowest BCUT2D eigenvalue weighted by molar-refractivity contribution is 0.101. The third-order valence-corrected chi connectivity index (χ3v) is 4.22. The molecule has 2 aromatic rings. The molecule has 3 rings (SSSR count). The number of aromatic nitrogens is 2. The number of nitrogens with one attached hydrogen (secondary N) is 1. The van der Waals surface area contributed by atoms with Gasteiger partial charge in [-0.3, -0.25) is 0 Å². The normalized spacial score (nSPS) is 20.6. The molecule has 4 nitrogen and oxygen atoms in total. The Morgan fingerprint density at radius 1 is 1.50 bits per heavy atom. The molecule has 20 heavy (non-hydrogen) atoms. The molecule has 2 atom stereocenters. The van der Waals surface area contributed by atoms with E-state index in [2.05, 4.69) is 22.5 Å². The molecule has 3 heterocycles. The third-order valence-electron chi connectivity index (χ3n) is 4.22. The lowest BCUT2D eigenvalue weighted by Gasteiger charge is -2.16. The van der Waals surface area contributed by atoms with Gasteiger partial charge in [0.1, 0.15) is 0 Å². The molecule has 4 heteroatoms. The molecule has 0 radical (unpaired) electrons. The molecule has 1 N–H and O–H groups in total. The number of hydrogen-bond acceptors (Lipinski definition) is 3. The number of fused-ring (bicyclic) bond motifs is 1. The molecule has 0 spiro atoms. The summed E-state index contributed by atoms with van der Waals surface area (Å²) in [6.07, 6.45) is 10.5. The van der Waals surface area contributed by atoms with Crippen molar-refractivity contribution in [2.24, 2.45) is 0 Å². The maximum atomic E-state index is 5.69. The van der Waals surface area contributed by atoms with Crippen molar-refractivity contribution in [1.29, 1.82) is 0 Å². The average molecular weight is 273 g/mol. The molecule has 0 aliphatic carbocycles. The van der Waals surface area contributed by atoms with Crippen molar-refractivity contribution in [3.63, 3.8) is 0 Å². The van der Waals surface area contributed by atoms with Gasteiger partial charge < -0.3 is 10.1 Å². The lowest BCUT2D eigenvalue weighted by atomic mass is 10.0. The first-order valence-corrected chi connectivity index (χ1v) is 7.59. The minimum absolute atomic E-state index is 0.372. The molecule has 108 valence electrons. The number of ether oxygens (including phenoxy) is 1. The van der Waals surface area contributed by atoms with E-state index in [-0.39, 0.29) is 0 Å². The Kier molecular flexibility index (Phi) is 4.33. The molecule has 2 unspecified atom stereocenters. The van der Waals surface area contributed by atoms with Crippen LogP contribution in [-0.2, 0) is 4.74 Å². The minimum atomic E-state index is 0.372. The van der Waals surface area contributed by atoms with Crippen molar-refractivity contribution in [2.75, 3.05) is 13.7 Å². The SMILES string of the molecule is CNC(CCCC1CCCO1)c1cnn2ccccc12. The predicted octanol–water partition coefficient (Wildman–Crippen LogP) is 2.94. The molecule has 1 saturated heterocycles. The highest BCUT2D eigenvalue weighted by molar-refractivity contribution is 5.54. The van der Waals surface area contributed by atoms with Crippen molar-refractivity contribution in [3.05, 3.63) is 36.2 Å². The van der Waals surface area contributed by atoms with Crippen LogP contribution in [0.15, 0.2) is 30.6 Å². The fraction of sp³-hybridized carbons (Fsp3) is 0.562. The Hall–Kier alpha value is -1.39. The van der Waals surface area contributed by atoms with Gasteiger partial charge in [0.05, 0.1) is 17.8 Å². The summed E-state index contributed by atoms with van der Waals surface area (Å²) < 4.78 is 7.64. The maximum absolute atomic E-state index is 5.69. The van der Waals surface area contributed by atoms with Crippen LogP contribution in [0.3, 0.4) is 0 Å². The molecule has 1 fully saturated rings. The monoisotopic (exact) mass is 273 g/mol. The van der Waals surface area contributed by atoms with Gasteiger partial charge in [0.15, 0.2) is 0 Å². The van der Waals surface area contributed by atoms with E-state index in [4.69, 9.17) is 4.74 Å². The van der Waals surface area contributed by atoms with Crippen LogP contribution in [-0.4, -0.2) is 29.4 Å². The average Bonchev–Trinajstić information content (AvgIpc) is 3.13. The van der Waals surface area contributed by atoms with Crippen LogP contribution < -0.4 is 5.32 Å². The highest BCUT2D eigenvalue weighted by Crippen LogP contribution is 2.25. The van der Waals surface area contributed by atoms with Crippen molar-refractivity contribution in [3.8, 4) is 0 Å². The second-order valence-corrected chi connectivity index (χ2v) is 5.54. The van der Waals surface area contributed by atoms with Crippen LogP contribution in [0.5, 0.6) is 0 Å². The molecule has 0 amide bonds. The van der Waals surface area contributed by atoms with Gasteiger partial charge in [-0.25, -0.2) is 4.52 Å². The second-order valence-electron chi connectivity index (χ2n) is 5.54. The Morgan fingerprint density at radius 2 is 2.45 bits per heavy atom. The van der Waals surface area contributed by atoms with Gasteiger partial charge in [0.2, 0.25) is 0 Å². The first-order chi connectivity index (χ1) is 9.88. The Balaban J connectivity index is 1.63. The second kappa shape index (κ2) is 6.37. The first-order valence-electron chi connectivity index (χ1n) is 7.59.